The van der Waals surface area contributed by atoms with E-state index in [4.69, 9.17) is 11.5 Å². The van der Waals surface area contributed by atoms with Crippen molar-refractivity contribution in [2.45, 2.75) is 51.2 Å². The van der Waals surface area contributed by atoms with Crippen LogP contribution in [0.15, 0.2) is 0 Å². The van der Waals surface area contributed by atoms with Crippen LogP contribution in [0.1, 0.15) is 33.1 Å². The zero-order chi connectivity index (χ0) is 22.6. The Morgan fingerprint density at radius 1 is 1.03 bits per heavy atom. The minimum atomic E-state index is -1.22. The number of thioether (sulfide) groups is 1. The van der Waals surface area contributed by atoms with E-state index in [9.17, 15) is 29.1 Å². The standard InChI is InChI=1S/C17H31N5O6S/c1-9(2)14(17(27)28)22-16(26)11(4-5-12(19)23)21-13(24)8-20-15(25)10(18)6-7-29-3/h9-11,14H,4-8,18H2,1-3H3,(H2,19,23)(H,20,25)(H,21,24)(H,22,26)(H,27,28). The smallest absolute Gasteiger partial charge is 0.326 e. The summed E-state index contributed by atoms with van der Waals surface area (Å²) in [5.74, 6) is -3.55. The van der Waals surface area contributed by atoms with E-state index in [1.165, 1.54) is 11.8 Å². The van der Waals surface area contributed by atoms with E-state index in [1.807, 2.05) is 6.26 Å². The van der Waals surface area contributed by atoms with Gasteiger partial charge in [0.1, 0.15) is 12.1 Å². The molecule has 0 bridgehead atoms. The van der Waals surface area contributed by atoms with Gasteiger partial charge in [-0.15, -0.1) is 0 Å². The summed E-state index contributed by atoms with van der Waals surface area (Å²) in [7, 11) is 0. The molecule has 0 saturated carbocycles. The molecule has 29 heavy (non-hydrogen) atoms. The predicted molar refractivity (Wildman–Crippen MR) is 109 cm³/mol. The highest BCUT2D eigenvalue weighted by atomic mass is 32.2. The van der Waals surface area contributed by atoms with E-state index in [0.29, 0.717) is 12.2 Å². The average Bonchev–Trinajstić information content (AvgIpc) is 2.64. The number of amides is 4. The zero-order valence-electron chi connectivity index (χ0n) is 16.9. The Balaban J connectivity index is 4.89. The summed E-state index contributed by atoms with van der Waals surface area (Å²) in [4.78, 5) is 58.7. The molecule has 0 radical (unpaired) electrons. The highest BCUT2D eigenvalue weighted by Crippen LogP contribution is 2.05. The van der Waals surface area contributed by atoms with Crippen molar-refractivity contribution in [2.75, 3.05) is 18.6 Å². The molecule has 0 aromatic carbocycles. The molecule has 0 aliphatic heterocycles. The largest absolute Gasteiger partial charge is 0.480 e. The number of nitrogens with two attached hydrogens (primary N) is 2. The molecule has 0 aliphatic carbocycles. The molecule has 0 heterocycles. The highest BCUT2D eigenvalue weighted by molar-refractivity contribution is 7.98. The molecule has 0 rings (SSSR count). The van der Waals surface area contributed by atoms with Gasteiger partial charge < -0.3 is 32.5 Å². The van der Waals surface area contributed by atoms with Crippen LogP contribution in [0.4, 0.5) is 0 Å². The fourth-order valence-corrected chi connectivity index (χ4v) is 2.73. The molecule has 12 heteroatoms. The summed E-state index contributed by atoms with van der Waals surface area (Å²) in [6.07, 6.45) is 2.02. The Hall–Kier alpha value is -2.34. The van der Waals surface area contributed by atoms with Crippen LogP contribution in [-0.4, -0.2) is 71.4 Å². The van der Waals surface area contributed by atoms with Gasteiger partial charge in [-0.05, 0) is 30.8 Å². The lowest BCUT2D eigenvalue weighted by Crippen LogP contribution is -2.55. The number of carbonyl (C=O) groups excluding carboxylic acids is 4. The van der Waals surface area contributed by atoms with Gasteiger partial charge in [0.05, 0.1) is 12.6 Å². The Bertz CT molecular complexity index is 601. The van der Waals surface area contributed by atoms with Gasteiger partial charge in [0.2, 0.25) is 23.6 Å². The second-order valence-electron chi connectivity index (χ2n) is 6.80. The fraction of sp³-hybridized carbons (Fsp3) is 0.706. The minimum absolute atomic E-state index is 0.113. The third kappa shape index (κ3) is 11.3. The molecule has 0 aromatic rings. The van der Waals surface area contributed by atoms with Gasteiger partial charge in [0.15, 0.2) is 0 Å². The Morgan fingerprint density at radius 3 is 2.14 bits per heavy atom. The first-order chi connectivity index (χ1) is 13.5. The predicted octanol–water partition coefficient (Wildman–Crippen LogP) is -1.84. The van der Waals surface area contributed by atoms with Crippen molar-refractivity contribution < 1.29 is 29.1 Å². The quantitative estimate of drug-likeness (QED) is 0.184. The molecule has 4 amide bonds. The van der Waals surface area contributed by atoms with Gasteiger partial charge in [-0.3, -0.25) is 19.2 Å². The van der Waals surface area contributed by atoms with Crippen molar-refractivity contribution in [2.24, 2.45) is 17.4 Å². The van der Waals surface area contributed by atoms with Crippen molar-refractivity contribution in [3.05, 3.63) is 0 Å². The molecule has 0 fully saturated rings. The van der Waals surface area contributed by atoms with Gasteiger partial charge in [0, 0.05) is 6.42 Å². The van der Waals surface area contributed by atoms with E-state index < -0.39 is 60.2 Å². The SMILES string of the molecule is CSCCC(N)C(=O)NCC(=O)NC(CCC(N)=O)C(=O)NC(C(=O)O)C(C)C. The van der Waals surface area contributed by atoms with E-state index >= 15 is 0 Å². The first-order valence-electron chi connectivity index (χ1n) is 9.12. The molecule has 166 valence electrons. The van der Waals surface area contributed by atoms with Crippen LogP contribution in [0.2, 0.25) is 0 Å². The normalized spacial score (nSPS) is 13.8. The molecule has 3 atom stereocenters. The second-order valence-corrected chi connectivity index (χ2v) is 7.78. The van der Waals surface area contributed by atoms with Crippen molar-refractivity contribution in [3.63, 3.8) is 0 Å². The molecular formula is C17H31N5O6S. The van der Waals surface area contributed by atoms with E-state index in [1.54, 1.807) is 13.8 Å². The first kappa shape index (κ1) is 26.7. The van der Waals surface area contributed by atoms with Crippen LogP contribution < -0.4 is 27.4 Å². The maximum Gasteiger partial charge on any atom is 0.326 e. The van der Waals surface area contributed by atoms with Crippen LogP contribution in [0.3, 0.4) is 0 Å². The molecule has 0 spiro atoms. The topological polar surface area (TPSA) is 194 Å². The third-order valence-electron chi connectivity index (χ3n) is 3.95. The van der Waals surface area contributed by atoms with Crippen LogP contribution in [0, 0.1) is 5.92 Å². The summed E-state index contributed by atoms with van der Waals surface area (Å²) >= 11 is 1.54. The molecule has 11 nitrogen and oxygen atoms in total. The van der Waals surface area contributed by atoms with Crippen LogP contribution in [0.25, 0.3) is 0 Å². The number of hydrogen-bond donors (Lipinski definition) is 6. The van der Waals surface area contributed by atoms with E-state index in [0.717, 1.165) is 0 Å². The van der Waals surface area contributed by atoms with Crippen LogP contribution in [0.5, 0.6) is 0 Å². The number of rotatable bonds is 14. The summed E-state index contributed by atoms with van der Waals surface area (Å²) in [6, 6.07) is -3.10. The third-order valence-corrected chi connectivity index (χ3v) is 4.60. The average molecular weight is 434 g/mol. The van der Waals surface area contributed by atoms with E-state index in [-0.39, 0.29) is 12.8 Å². The van der Waals surface area contributed by atoms with Gasteiger partial charge in [-0.1, -0.05) is 13.8 Å². The Labute approximate surface area is 174 Å². The lowest BCUT2D eigenvalue weighted by molar-refractivity contribution is -0.143. The molecule has 3 unspecified atom stereocenters. The number of aliphatic carboxylic acids is 1. The van der Waals surface area contributed by atoms with E-state index in [2.05, 4.69) is 16.0 Å². The highest BCUT2D eigenvalue weighted by Gasteiger charge is 2.28. The minimum Gasteiger partial charge on any atom is -0.480 e. The van der Waals surface area contributed by atoms with Crippen molar-refractivity contribution in [3.8, 4) is 0 Å². The summed E-state index contributed by atoms with van der Waals surface area (Å²) in [5, 5.41) is 16.3. The van der Waals surface area contributed by atoms with Crippen molar-refractivity contribution in [1.29, 1.82) is 0 Å². The van der Waals surface area contributed by atoms with Gasteiger partial charge in [-0.2, -0.15) is 11.8 Å². The molecule has 0 saturated heterocycles. The van der Waals surface area contributed by atoms with Crippen molar-refractivity contribution >= 4 is 41.4 Å². The molecule has 0 aliphatic rings. The lowest BCUT2D eigenvalue weighted by atomic mass is 10.0. The number of hydrogen-bond acceptors (Lipinski definition) is 7. The molecule has 0 aromatic heterocycles. The number of carboxylic acids is 1. The van der Waals surface area contributed by atoms with Gasteiger partial charge in [-0.25, -0.2) is 4.79 Å². The Morgan fingerprint density at radius 2 is 1.66 bits per heavy atom. The summed E-state index contributed by atoms with van der Waals surface area (Å²) in [5.41, 5.74) is 10.8. The maximum absolute atomic E-state index is 12.4. The number of carbonyl (C=O) groups is 5. The van der Waals surface area contributed by atoms with Crippen molar-refractivity contribution in [1.82, 2.24) is 16.0 Å². The monoisotopic (exact) mass is 433 g/mol. The van der Waals surface area contributed by atoms with Crippen LogP contribution in [-0.2, 0) is 24.0 Å². The first-order valence-corrected chi connectivity index (χ1v) is 10.5. The summed E-state index contributed by atoms with van der Waals surface area (Å²) < 4.78 is 0. The molecule has 8 N–H and O–H groups in total. The zero-order valence-corrected chi connectivity index (χ0v) is 17.7. The lowest BCUT2D eigenvalue weighted by Gasteiger charge is -2.23. The summed E-state index contributed by atoms with van der Waals surface area (Å²) in [6.45, 7) is 2.82. The van der Waals surface area contributed by atoms with Gasteiger partial charge in [0.25, 0.3) is 0 Å². The number of carboxylic acid groups (broad SMARTS) is 1. The maximum atomic E-state index is 12.4. The fourth-order valence-electron chi connectivity index (χ4n) is 2.24. The second kappa shape index (κ2) is 13.8. The number of nitrogens with one attached hydrogen (secondary N) is 3. The van der Waals surface area contributed by atoms with Crippen LogP contribution >= 0.6 is 11.8 Å². The number of primary amides is 1. The molecular weight excluding hydrogens is 402 g/mol. The van der Waals surface area contributed by atoms with Gasteiger partial charge >= 0.3 is 5.97 Å². The Kier molecular flexibility index (Phi) is 12.7.